The van der Waals surface area contributed by atoms with Crippen molar-refractivity contribution in [2.24, 2.45) is 0 Å². The van der Waals surface area contributed by atoms with Gasteiger partial charge in [0.2, 0.25) is 0 Å². The quantitative estimate of drug-likeness (QED) is 0.812. The number of rotatable bonds is 3. The molecule has 0 radical (unpaired) electrons. The first-order valence-electron chi connectivity index (χ1n) is 5.44. The Labute approximate surface area is 90.3 Å². The zero-order valence-electron chi connectivity index (χ0n) is 9.07. The SMILES string of the molecule is CCNc1cccc(N2CCOCC2)n1. The van der Waals surface area contributed by atoms with Crippen molar-refractivity contribution in [2.75, 3.05) is 43.1 Å². The van der Waals surface area contributed by atoms with E-state index < -0.39 is 0 Å². The molecule has 1 aromatic rings. The first-order chi connectivity index (χ1) is 7.40. The van der Waals surface area contributed by atoms with Gasteiger partial charge in [-0.2, -0.15) is 0 Å². The molecule has 15 heavy (non-hydrogen) atoms. The van der Waals surface area contributed by atoms with Crippen LogP contribution in [0.1, 0.15) is 6.92 Å². The summed E-state index contributed by atoms with van der Waals surface area (Å²) in [5.41, 5.74) is 0. The summed E-state index contributed by atoms with van der Waals surface area (Å²) in [6.45, 7) is 6.44. The molecule has 0 saturated carbocycles. The van der Waals surface area contributed by atoms with Crippen molar-refractivity contribution in [3.05, 3.63) is 18.2 Å². The fourth-order valence-electron chi connectivity index (χ4n) is 1.67. The summed E-state index contributed by atoms with van der Waals surface area (Å²) in [5, 5.41) is 3.22. The number of anilines is 2. The summed E-state index contributed by atoms with van der Waals surface area (Å²) >= 11 is 0. The predicted octanol–water partition coefficient (Wildman–Crippen LogP) is 1.35. The van der Waals surface area contributed by atoms with Crippen molar-refractivity contribution in [3.63, 3.8) is 0 Å². The molecule has 0 spiro atoms. The minimum absolute atomic E-state index is 0.799. The van der Waals surface area contributed by atoms with Crippen molar-refractivity contribution >= 4 is 11.6 Å². The van der Waals surface area contributed by atoms with Gasteiger partial charge in [-0.25, -0.2) is 4.98 Å². The Bertz CT molecular complexity index is 310. The Morgan fingerprint density at radius 2 is 2.20 bits per heavy atom. The van der Waals surface area contributed by atoms with Crippen molar-refractivity contribution < 1.29 is 4.74 Å². The highest BCUT2D eigenvalue weighted by atomic mass is 16.5. The molecule has 1 N–H and O–H groups in total. The Balaban J connectivity index is 2.09. The van der Waals surface area contributed by atoms with Gasteiger partial charge in [0.15, 0.2) is 0 Å². The molecule has 0 amide bonds. The first-order valence-corrected chi connectivity index (χ1v) is 5.44. The molecule has 1 saturated heterocycles. The molecule has 1 fully saturated rings. The molecule has 0 atom stereocenters. The van der Waals surface area contributed by atoms with Crippen molar-refractivity contribution in [1.82, 2.24) is 4.98 Å². The second kappa shape index (κ2) is 4.98. The van der Waals surface area contributed by atoms with Crippen LogP contribution in [-0.4, -0.2) is 37.8 Å². The molecule has 0 aromatic carbocycles. The standard InChI is InChI=1S/C11H17N3O/c1-2-12-10-4-3-5-11(13-10)14-6-8-15-9-7-14/h3-5H,2,6-9H2,1H3,(H,12,13). The zero-order valence-corrected chi connectivity index (χ0v) is 9.07. The van der Waals surface area contributed by atoms with Gasteiger partial charge < -0.3 is 15.0 Å². The Morgan fingerprint density at radius 3 is 2.93 bits per heavy atom. The molecule has 82 valence electrons. The fraction of sp³-hybridized carbons (Fsp3) is 0.545. The molecule has 0 aliphatic carbocycles. The lowest BCUT2D eigenvalue weighted by Crippen LogP contribution is -2.36. The van der Waals surface area contributed by atoms with E-state index in [1.807, 2.05) is 18.2 Å². The number of hydrogen-bond donors (Lipinski definition) is 1. The zero-order chi connectivity index (χ0) is 10.5. The van der Waals surface area contributed by atoms with Crippen LogP contribution in [0.5, 0.6) is 0 Å². The molecule has 2 heterocycles. The van der Waals surface area contributed by atoms with Crippen LogP contribution in [0.15, 0.2) is 18.2 Å². The second-order valence-corrected chi connectivity index (χ2v) is 3.51. The average Bonchev–Trinajstić information content (AvgIpc) is 2.31. The van der Waals surface area contributed by atoms with Gasteiger partial charge in [-0.15, -0.1) is 0 Å². The Morgan fingerprint density at radius 1 is 1.40 bits per heavy atom. The summed E-state index contributed by atoms with van der Waals surface area (Å²) in [7, 11) is 0. The van der Waals surface area contributed by atoms with E-state index in [1.165, 1.54) is 0 Å². The summed E-state index contributed by atoms with van der Waals surface area (Å²) in [4.78, 5) is 6.80. The summed E-state index contributed by atoms with van der Waals surface area (Å²) in [6, 6.07) is 6.08. The average molecular weight is 207 g/mol. The van der Waals surface area contributed by atoms with Crippen LogP contribution in [0.2, 0.25) is 0 Å². The van der Waals surface area contributed by atoms with E-state index in [4.69, 9.17) is 4.74 Å². The van der Waals surface area contributed by atoms with E-state index in [0.717, 1.165) is 44.5 Å². The van der Waals surface area contributed by atoms with Gasteiger partial charge in [-0.05, 0) is 19.1 Å². The minimum atomic E-state index is 0.799. The summed E-state index contributed by atoms with van der Waals surface area (Å²) in [5.74, 6) is 1.98. The number of ether oxygens (including phenoxy) is 1. The first kappa shape index (κ1) is 10.2. The molecule has 4 nitrogen and oxygen atoms in total. The molecular weight excluding hydrogens is 190 g/mol. The third-order valence-corrected chi connectivity index (χ3v) is 2.43. The highest BCUT2D eigenvalue weighted by Gasteiger charge is 2.12. The number of nitrogens with zero attached hydrogens (tertiary/aromatic N) is 2. The van der Waals surface area contributed by atoms with Crippen LogP contribution < -0.4 is 10.2 Å². The normalized spacial score (nSPS) is 16.5. The van der Waals surface area contributed by atoms with Gasteiger partial charge in [0, 0.05) is 19.6 Å². The largest absolute Gasteiger partial charge is 0.378 e. The van der Waals surface area contributed by atoms with E-state index in [-0.39, 0.29) is 0 Å². The van der Waals surface area contributed by atoms with Crippen LogP contribution in [-0.2, 0) is 4.74 Å². The second-order valence-electron chi connectivity index (χ2n) is 3.51. The maximum atomic E-state index is 5.31. The minimum Gasteiger partial charge on any atom is -0.378 e. The highest BCUT2D eigenvalue weighted by molar-refractivity contribution is 5.47. The van der Waals surface area contributed by atoms with E-state index in [2.05, 4.69) is 22.1 Å². The van der Waals surface area contributed by atoms with Crippen molar-refractivity contribution in [2.45, 2.75) is 6.92 Å². The van der Waals surface area contributed by atoms with Gasteiger partial charge >= 0.3 is 0 Å². The van der Waals surface area contributed by atoms with Crippen LogP contribution in [0.4, 0.5) is 11.6 Å². The molecule has 2 rings (SSSR count). The molecule has 1 aliphatic heterocycles. The van der Waals surface area contributed by atoms with Gasteiger partial charge in [-0.1, -0.05) is 6.07 Å². The molecule has 0 unspecified atom stereocenters. The van der Waals surface area contributed by atoms with Crippen LogP contribution in [0, 0.1) is 0 Å². The lowest BCUT2D eigenvalue weighted by Gasteiger charge is -2.28. The smallest absolute Gasteiger partial charge is 0.131 e. The number of aromatic nitrogens is 1. The maximum Gasteiger partial charge on any atom is 0.131 e. The Hall–Kier alpha value is -1.29. The third-order valence-electron chi connectivity index (χ3n) is 2.43. The van der Waals surface area contributed by atoms with Crippen LogP contribution >= 0.6 is 0 Å². The molecule has 1 aliphatic rings. The molecular formula is C11H17N3O. The van der Waals surface area contributed by atoms with Gasteiger partial charge in [0.25, 0.3) is 0 Å². The topological polar surface area (TPSA) is 37.4 Å². The monoisotopic (exact) mass is 207 g/mol. The molecule has 0 bridgehead atoms. The number of hydrogen-bond acceptors (Lipinski definition) is 4. The lowest BCUT2D eigenvalue weighted by molar-refractivity contribution is 0.122. The molecule has 4 heteroatoms. The predicted molar refractivity (Wildman–Crippen MR) is 61.4 cm³/mol. The number of morpholine rings is 1. The van der Waals surface area contributed by atoms with E-state index in [1.54, 1.807) is 0 Å². The highest BCUT2D eigenvalue weighted by Crippen LogP contribution is 2.15. The number of nitrogens with one attached hydrogen (secondary N) is 1. The lowest BCUT2D eigenvalue weighted by atomic mass is 10.3. The third kappa shape index (κ3) is 2.59. The Kier molecular flexibility index (Phi) is 3.40. The van der Waals surface area contributed by atoms with E-state index >= 15 is 0 Å². The van der Waals surface area contributed by atoms with Crippen molar-refractivity contribution in [1.29, 1.82) is 0 Å². The summed E-state index contributed by atoms with van der Waals surface area (Å²) in [6.07, 6.45) is 0. The number of pyridine rings is 1. The maximum absolute atomic E-state index is 5.31. The van der Waals surface area contributed by atoms with E-state index in [0.29, 0.717) is 0 Å². The molecule has 1 aromatic heterocycles. The van der Waals surface area contributed by atoms with Gasteiger partial charge in [-0.3, -0.25) is 0 Å². The van der Waals surface area contributed by atoms with Crippen molar-refractivity contribution in [3.8, 4) is 0 Å². The fourth-order valence-corrected chi connectivity index (χ4v) is 1.67. The van der Waals surface area contributed by atoms with Gasteiger partial charge in [0.05, 0.1) is 13.2 Å². The van der Waals surface area contributed by atoms with Crippen LogP contribution in [0.3, 0.4) is 0 Å². The summed E-state index contributed by atoms with van der Waals surface area (Å²) < 4.78 is 5.31. The van der Waals surface area contributed by atoms with Gasteiger partial charge in [0.1, 0.15) is 11.6 Å². The van der Waals surface area contributed by atoms with Crippen LogP contribution in [0.25, 0.3) is 0 Å². The van der Waals surface area contributed by atoms with E-state index in [9.17, 15) is 0 Å².